The molecule has 0 heterocycles. The topological polar surface area (TPSA) is 38.3 Å². The smallest absolute Gasteiger partial charge is 0.337 e. The van der Waals surface area contributed by atoms with Crippen molar-refractivity contribution in [3.63, 3.8) is 0 Å². The first-order valence-corrected chi connectivity index (χ1v) is 7.43. The molecule has 0 spiro atoms. The molecule has 0 fully saturated rings. The van der Waals surface area contributed by atoms with Crippen LogP contribution in [0.25, 0.3) is 6.08 Å². The SMILES string of the molecule is COC(=O)c1ccc(NCCCC=Cc2ccccc2)cc1. The van der Waals surface area contributed by atoms with Crippen LogP contribution in [0.3, 0.4) is 0 Å². The van der Waals surface area contributed by atoms with Gasteiger partial charge in [0.25, 0.3) is 0 Å². The second kappa shape index (κ2) is 8.67. The van der Waals surface area contributed by atoms with E-state index in [1.165, 1.54) is 12.7 Å². The molecule has 0 saturated heterocycles. The van der Waals surface area contributed by atoms with Crippen LogP contribution in [0.2, 0.25) is 0 Å². The summed E-state index contributed by atoms with van der Waals surface area (Å²) in [4.78, 5) is 11.3. The molecule has 0 amide bonds. The lowest BCUT2D eigenvalue weighted by molar-refractivity contribution is 0.0601. The minimum Gasteiger partial charge on any atom is -0.465 e. The number of ether oxygens (including phenoxy) is 1. The van der Waals surface area contributed by atoms with Crippen molar-refractivity contribution in [3.05, 3.63) is 71.8 Å². The average molecular weight is 295 g/mol. The van der Waals surface area contributed by atoms with Gasteiger partial charge in [-0.25, -0.2) is 4.79 Å². The van der Waals surface area contributed by atoms with Gasteiger partial charge in [0.05, 0.1) is 12.7 Å². The Morgan fingerprint density at radius 3 is 2.50 bits per heavy atom. The second-order valence-electron chi connectivity index (χ2n) is 4.95. The number of anilines is 1. The highest BCUT2D eigenvalue weighted by atomic mass is 16.5. The lowest BCUT2D eigenvalue weighted by Gasteiger charge is -2.06. The van der Waals surface area contributed by atoms with Gasteiger partial charge in [-0.05, 0) is 42.7 Å². The lowest BCUT2D eigenvalue weighted by Crippen LogP contribution is -2.03. The Morgan fingerprint density at radius 2 is 1.82 bits per heavy atom. The summed E-state index contributed by atoms with van der Waals surface area (Å²) >= 11 is 0. The van der Waals surface area contributed by atoms with Crippen molar-refractivity contribution in [2.24, 2.45) is 0 Å². The van der Waals surface area contributed by atoms with Crippen LogP contribution >= 0.6 is 0 Å². The molecule has 114 valence electrons. The molecule has 0 aliphatic rings. The maximum absolute atomic E-state index is 11.3. The van der Waals surface area contributed by atoms with Crippen molar-refractivity contribution in [1.29, 1.82) is 0 Å². The highest BCUT2D eigenvalue weighted by Crippen LogP contribution is 2.11. The number of esters is 1. The van der Waals surface area contributed by atoms with Crippen LogP contribution < -0.4 is 5.32 Å². The summed E-state index contributed by atoms with van der Waals surface area (Å²) in [5, 5.41) is 3.34. The van der Waals surface area contributed by atoms with E-state index in [0.717, 1.165) is 25.1 Å². The first-order valence-electron chi connectivity index (χ1n) is 7.43. The molecule has 1 N–H and O–H groups in total. The van der Waals surface area contributed by atoms with Gasteiger partial charge in [-0.2, -0.15) is 0 Å². The highest BCUT2D eigenvalue weighted by Gasteiger charge is 2.03. The molecule has 22 heavy (non-hydrogen) atoms. The monoisotopic (exact) mass is 295 g/mol. The summed E-state index contributed by atoms with van der Waals surface area (Å²) in [7, 11) is 1.39. The van der Waals surface area contributed by atoms with Crippen LogP contribution in [-0.2, 0) is 4.74 Å². The van der Waals surface area contributed by atoms with Gasteiger partial charge in [0.15, 0.2) is 0 Å². The number of unbranched alkanes of at least 4 members (excludes halogenated alkanes) is 1. The molecule has 3 nitrogen and oxygen atoms in total. The van der Waals surface area contributed by atoms with Crippen LogP contribution in [0.15, 0.2) is 60.7 Å². The van der Waals surface area contributed by atoms with Crippen LogP contribution in [0.5, 0.6) is 0 Å². The third-order valence-corrected chi connectivity index (χ3v) is 3.29. The van der Waals surface area contributed by atoms with Gasteiger partial charge in [0.1, 0.15) is 0 Å². The van der Waals surface area contributed by atoms with Gasteiger partial charge in [-0.1, -0.05) is 42.5 Å². The number of carbonyl (C=O) groups is 1. The van der Waals surface area contributed by atoms with Crippen molar-refractivity contribution in [3.8, 4) is 0 Å². The van der Waals surface area contributed by atoms with E-state index in [2.05, 4.69) is 34.3 Å². The lowest BCUT2D eigenvalue weighted by atomic mass is 10.2. The quantitative estimate of drug-likeness (QED) is 0.608. The number of hydrogen-bond donors (Lipinski definition) is 1. The summed E-state index contributed by atoms with van der Waals surface area (Å²) in [5.74, 6) is -0.308. The Kier molecular flexibility index (Phi) is 6.24. The Hall–Kier alpha value is -2.55. The molecule has 3 heteroatoms. The van der Waals surface area contributed by atoms with E-state index in [4.69, 9.17) is 0 Å². The molecule has 0 bridgehead atoms. The Labute approximate surface area is 131 Å². The fourth-order valence-electron chi connectivity index (χ4n) is 2.08. The van der Waals surface area contributed by atoms with E-state index < -0.39 is 0 Å². The molecule has 2 aromatic rings. The van der Waals surface area contributed by atoms with Gasteiger partial charge in [0, 0.05) is 12.2 Å². The van der Waals surface area contributed by atoms with E-state index >= 15 is 0 Å². The van der Waals surface area contributed by atoms with E-state index in [-0.39, 0.29) is 5.97 Å². The minimum atomic E-state index is -0.308. The van der Waals surface area contributed by atoms with E-state index in [1.54, 1.807) is 12.1 Å². The molecular weight excluding hydrogens is 274 g/mol. The summed E-state index contributed by atoms with van der Waals surface area (Å²) in [6.45, 7) is 0.900. The third-order valence-electron chi connectivity index (χ3n) is 3.29. The fourth-order valence-corrected chi connectivity index (χ4v) is 2.08. The van der Waals surface area contributed by atoms with Crippen molar-refractivity contribution >= 4 is 17.7 Å². The second-order valence-corrected chi connectivity index (χ2v) is 4.95. The van der Waals surface area contributed by atoms with Crippen LogP contribution in [-0.4, -0.2) is 19.6 Å². The van der Waals surface area contributed by atoms with Gasteiger partial charge < -0.3 is 10.1 Å². The molecule has 0 radical (unpaired) electrons. The molecular formula is C19H21NO2. The Bertz CT molecular complexity index is 603. The first-order chi connectivity index (χ1) is 10.8. The van der Waals surface area contributed by atoms with Crippen molar-refractivity contribution in [2.75, 3.05) is 19.0 Å². The molecule has 0 aliphatic carbocycles. The van der Waals surface area contributed by atoms with Gasteiger partial charge in [-0.3, -0.25) is 0 Å². The number of rotatable bonds is 7. The normalized spacial score (nSPS) is 10.6. The standard InChI is InChI=1S/C19H21NO2/c1-22-19(21)17-11-13-18(14-12-17)20-15-7-3-6-10-16-8-4-2-5-9-16/h2,4-6,8-14,20H,3,7,15H2,1H3. The van der Waals surface area contributed by atoms with Crippen LogP contribution in [0, 0.1) is 0 Å². The first kappa shape index (κ1) is 15.8. The predicted molar refractivity (Wildman–Crippen MR) is 91.0 cm³/mol. The molecule has 0 aromatic heterocycles. The van der Waals surface area contributed by atoms with Crippen molar-refractivity contribution < 1.29 is 9.53 Å². The maximum Gasteiger partial charge on any atom is 0.337 e. The van der Waals surface area contributed by atoms with E-state index in [9.17, 15) is 4.79 Å². The number of carbonyl (C=O) groups excluding carboxylic acids is 1. The fraction of sp³-hybridized carbons (Fsp3) is 0.211. The third kappa shape index (κ3) is 5.09. The summed E-state index contributed by atoms with van der Waals surface area (Å²) < 4.78 is 4.67. The minimum absolute atomic E-state index is 0.308. The average Bonchev–Trinajstić information content (AvgIpc) is 2.58. The maximum atomic E-state index is 11.3. The van der Waals surface area contributed by atoms with Gasteiger partial charge in [0.2, 0.25) is 0 Å². The van der Waals surface area contributed by atoms with E-state index in [0.29, 0.717) is 5.56 Å². The van der Waals surface area contributed by atoms with Crippen molar-refractivity contribution in [2.45, 2.75) is 12.8 Å². The zero-order chi connectivity index (χ0) is 15.6. The predicted octanol–water partition coefficient (Wildman–Crippen LogP) is 4.38. The van der Waals surface area contributed by atoms with Crippen molar-refractivity contribution in [1.82, 2.24) is 0 Å². The molecule has 0 saturated carbocycles. The number of allylic oxidation sites excluding steroid dienone is 1. The summed E-state index contributed by atoms with van der Waals surface area (Å²) in [5.41, 5.74) is 2.81. The van der Waals surface area contributed by atoms with Gasteiger partial charge >= 0.3 is 5.97 Å². The summed E-state index contributed by atoms with van der Waals surface area (Å²) in [6.07, 6.45) is 6.42. The van der Waals surface area contributed by atoms with E-state index in [1.807, 2.05) is 30.3 Å². The van der Waals surface area contributed by atoms with Crippen LogP contribution in [0.1, 0.15) is 28.8 Å². The van der Waals surface area contributed by atoms with Gasteiger partial charge in [-0.15, -0.1) is 0 Å². The molecule has 0 aliphatic heterocycles. The molecule has 2 aromatic carbocycles. The largest absolute Gasteiger partial charge is 0.465 e. The Morgan fingerprint density at radius 1 is 1.09 bits per heavy atom. The zero-order valence-electron chi connectivity index (χ0n) is 12.8. The molecule has 0 atom stereocenters. The number of methoxy groups -OCH3 is 1. The number of hydrogen-bond acceptors (Lipinski definition) is 3. The Balaban J connectivity index is 1.68. The number of nitrogens with one attached hydrogen (secondary N) is 1. The summed E-state index contributed by atoms with van der Waals surface area (Å²) in [6, 6.07) is 17.6. The number of benzene rings is 2. The highest BCUT2D eigenvalue weighted by molar-refractivity contribution is 5.89. The zero-order valence-corrected chi connectivity index (χ0v) is 12.8. The molecule has 2 rings (SSSR count). The van der Waals surface area contributed by atoms with Crippen LogP contribution in [0.4, 0.5) is 5.69 Å². The molecule has 0 unspecified atom stereocenters.